The lowest BCUT2D eigenvalue weighted by molar-refractivity contribution is 1.18. The van der Waals surface area contributed by atoms with E-state index in [-0.39, 0.29) is 0 Å². The fourth-order valence-electron chi connectivity index (χ4n) is 8.78. The first-order valence-corrected chi connectivity index (χ1v) is 18.6. The molecule has 0 amide bonds. The Balaban J connectivity index is 1.20. The Morgan fingerprint density at radius 3 is 1.81 bits per heavy atom. The Morgan fingerprint density at radius 1 is 0.463 bits per heavy atom. The molecular formula is C52H34N2. The van der Waals surface area contributed by atoms with Gasteiger partial charge in [-0.3, -0.25) is 4.98 Å². The van der Waals surface area contributed by atoms with Crippen LogP contribution in [-0.2, 0) is 0 Å². The van der Waals surface area contributed by atoms with Crippen LogP contribution >= 0.6 is 0 Å². The molecule has 0 atom stereocenters. The van der Waals surface area contributed by atoms with E-state index in [4.69, 9.17) is 0 Å². The van der Waals surface area contributed by atoms with Gasteiger partial charge in [-0.2, -0.15) is 0 Å². The molecule has 11 rings (SSSR count). The van der Waals surface area contributed by atoms with Gasteiger partial charge in [0, 0.05) is 28.9 Å². The van der Waals surface area contributed by atoms with Crippen molar-refractivity contribution in [3.8, 4) is 39.1 Å². The minimum atomic E-state index is 0.853. The van der Waals surface area contributed by atoms with E-state index >= 15 is 0 Å². The molecule has 252 valence electrons. The van der Waals surface area contributed by atoms with Crippen LogP contribution in [0.15, 0.2) is 194 Å². The number of nitrogens with zero attached hydrogens (tertiary/aromatic N) is 2. The molecule has 0 N–H and O–H groups in total. The van der Waals surface area contributed by atoms with E-state index in [1.165, 1.54) is 93.1 Å². The van der Waals surface area contributed by atoms with Crippen molar-refractivity contribution in [2.75, 3.05) is 0 Å². The van der Waals surface area contributed by atoms with Crippen molar-refractivity contribution in [1.29, 1.82) is 0 Å². The first-order valence-electron chi connectivity index (χ1n) is 18.6. The van der Waals surface area contributed by atoms with Gasteiger partial charge in [-0.15, -0.1) is 0 Å². The van der Waals surface area contributed by atoms with Gasteiger partial charge in [-0.25, -0.2) is 0 Å². The van der Waals surface area contributed by atoms with Crippen LogP contribution in [0, 0.1) is 0 Å². The van der Waals surface area contributed by atoms with E-state index in [2.05, 4.69) is 186 Å². The average Bonchev–Trinajstić information content (AvgIpc) is 3.57. The molecule has 0 bridgehead atoms. The van der Waals surface area contributed by atoms with E-state index < -0.39 is 0 Å². The smallest absolute Gasteiger partial charge is 0.0541 e. The Hall–Kier alpha value is -7.03. The lowest BCUT2D eigenvalue weighted by Crippen LogP contribution is -1.96. The van der Waals surface area contributed by atoms with Crippen molar-refractivity contribution in [3.63, 3.8) is 0 Å². The normalized spacial score (nSPS) is 13.2. The number of hydrogen-bond acceptors (Lipinski definition) is 1. The maximum Gasteiger partial charge on any atom is 0.0541 e. The summed E-state index contributed by atoms with van der Waals surface area (Å²) in [5.74, 6) is 0. The molecule has 2 heteroatoms. The zero-order valence-electron chi connectivity index (χ0n) is 29.6. The van der Waals surface area contributed by atoms with Crippen LogP contribution in [0.4, 0.5) is 0 Å². The zero-order chi connectivity index (χ0) is 35.8. The number of benzene rings is 8. The van der Waals surface area contributed by atoms with E-state index in [0.29, 0.717) is 0 Å². The molecule has 1 aliphatic rings. The highest BCUT2D eigenvalue weighted by molar-refractivity contribution is 6.28. The Morgan fingerprint density at radius 2 is 1.11 bits per heavy atom. The number of allylic oxidation sites excluding steroid dienone is 5. The molecule has 10 aromatic rings. The number of aromatic nitrogens is 2. The second kappa shape index (κ2) is 12.0. The maximum absolute atomic E-state index is 4.33. The van der Waals surface area contributed by atoms with Gasteiger partial charge in [-0.05, 0) is 144 Å². The van der Waals surface area contributed by atoms with E-state index in [1.807, 2.05) is 12.4 Å². The molecule has 2 aromatic heterocycles. The van der Waals surface area contributed by atoms with Gasteiger partial charge in [0.2, 0.25) is 0 Å². The maximum atomic E-state index is 4.33. The van der Waals surface area contributed by atoms with E-state index in [1.54, 1.807) is 0 Å². The van der Waals surface area contributed by atoms with Gasteiger partial charge in [-0.1, -0.05) is 121 Å². The first-order chi connectivity index (χ1) is 26.7. The van der Waals surface area contributed by atoms with Gasteiger partial charge in [0.15, 0.2) is 0 Å². The van der Waals surface area contributed by atoms with Crippen LogP contribution in [0.1, 0.15) is 12.0 Å². The molecule has 0 unspecified atom stereocenters. The highest BCUT2D eigenvalue weighted by atomic mass is 15.0. The molecule has 0 saturated carbocycles. The van der Waals surface area contributed by atoms with Crippen LogP contribution in [0.2, 0.25) is 0 Å². The molecule has 2 nitrogen and oxygen atoms in total. The zero-order valence-corrected chi connectivity index (χ0v) is 29.6. The van der Waals surface area contributed by atoms with Crippen LogP contribution in [-0.4, -0.2) is 9.55 Å². The molecule has 0 aliphatic heterocycles. The molecule has 54 heavy (non-hydrogen) atoms. The predicted octanol–water partition coefficient (Wildman–Crippen LogP) is 14.0. The van der Waals surface area contributed by atoms with Crippen LogP contribution < -0.4 is 0 Å². The second-order valence-corrected chi connectivity index (χ2v) is 14.5. The predicted molar refractivity (Wildman–Crippen MR) is 229 cm³/mol. The summed E-state index contributed by atoms with van der Waals surface area (Å²) in [6, 6.07) is 56.2. The summed E-state index contributed by atoms with van der Waals surface area (Å²) in [6.45, 7) is 4.20. The Bertz CT molecular complexity index is 3120. The molecule has 1 aliphatic carbocycles. The highest BCUT2D eigenvalue weighted by Gasteiger charge is 2.19. The quantitative estimate of drug-likeness (QED) is 0.165. The number of hydrogen-bond donors (Lipinski definition) is 0. The van der Waals surface area contributed by atoms with Crippen LogP contribution in [0.3, 0.4) is 0 Å². The third-order valence-electron chi connectivity index (χ3n) is 11.3. The Labute approximate surface area is 313 Å². The summed E-state index contributed by atoms with van der Waals surface area (Å²) in [5, 5.41) is 10.2. The third kappa shape index (κ3) is 4.77. The molecule has 0 spiro atoms. The average molecular weight is 687 g/mol. The number of fused-ring (bicyclic) bond motifs is 3. The summed E-state index contributed by atoms with van der Waals surface area (Å²) in [4.78, 5) is 4.33. The van der Waals surface area contributed by atoms with Gasteiger partial charge < -0.3 is 4.57 Å². The molecular weight excluding hydrogens is 653 g/mol. The summed E-state index contributed by atoms with van der Waals surface area (Å²) in [7, 11) is 0. The molecule has 0 saturated heterocycles. The molecule has 0 fully saturated rings. The van der Waals surface area contributed by atoms with Gasteiger partial charge >= 0.3 is 0 Å². The molecule has 8 aromatic carbocycles. The minimum absolute atomic E-state index is 0.853. The van der Waals surface area contributed by atoms with Gasteiger partial charge in [0.1, 0.15) is 0 Å². The third-order valence-corrected chi connectivity index (χ3v) is 11.3. The number of para-hydroxylation sites is 2. The number of rotatable bonds is 5. The van der Waals surface area contributed by atoms with E-state index in [0.717, 1.165) is 23.2 Å². The van der Waals surface area contributed by atoms with Gasteiger partial charge in [0.25, 0.3) is 0 Å². The summed E-state index contributed by atoms with van der Waals surface area (Å²) < 4.78 is 2.41. The monoisotopic (exact) mass is 686 g/mol. The largest absolute Gasteiger partial charge is 0.309 e. The van der Waals surface area contributed by atoms with Crippen molar-refractivity contribution in [2.24, 2.45) is 0 Å². The lowest BCUT2D eigenvalue weighted by atomic mass is 9.84. The van der Waals surface area contributed by atoms with Crippen molar-refractivity contribution < 1.29 is 0 Å². The SMILES string of the molecule is C=C1C=CC(c2cc(-c3ccncc3)cc(-c3cc(-c4cccc(-n5c6ccccc6c6ccccc65)c4)c4ccc5cccc6ccc3c4c65)c2)=CC1. The summed E-state index contributed by atoms with van der Waals surface area (Å²) in [5.41, 5.74) is 14.3. The summed E-state index contributed by atoms with van der Waals surface area (Å²) in [6.07, 6.45) is 11.3. The van der Waals surface area contributed by atoms with E-state index in [9.17, 15) is 0 Å². The molecule has 0 radical (unpaired) electrons. The fraction of sp³-hybridized carbons (Fsp3) is 0.0192. The van der Waals surface area contributed by atoms with Crippen LogP contribution in [0.25, 0.3) is 98.8 Å². The summed E-state index contributed by atoms with van der Waals surface area (Å²) >= 11 is 0. The van der Waals surface area contributed by atoms with Crippen molar-refractivity contribution >= 4 is 59.7 Å². The van der Waals surface area contributed by atoms with Crippen molar-refractivity contribution in [1.82, 2.24) is 9.55 Å². The topological polar surface area (TPSA) is 17.8 Å². The highest BCUT2D eigenvalue weighted by Crippen LogP contribution is 2.46. The minimum Gasteiger partial charge on any atom is -0.309 e. The van der Waals surface area contributed by atoms with Crippen molar-refractivity contribution in [2.45, 2.75) is 6.42 Å². The second-order valence-electron chi connectivity index (χ2n) is 14.5. The van der Waals surface area contributed by atoms with Crippen LogP contribution in [0.5, 0.6) is 0 Å². The number of pyridine rings is 1. The lowest BCUT2D eigenvalue weighted by Gasteiger charge is -2.20. The Kier molecular flexibility index (Phi) is 6.80. The first kappa shape index (κ1) is 30.6. The van der Waals surface area contributed by atoms with Gasteiger partial charge in [0.05, 0.1) is 11.0 Å². The molecule has 2 heterocycles. The fourth-order valence-corrected chi connectivity index (χ4v) is 8.78. The standard InChI is InChI=1S/C52H34N2/c1-33-16-18-34(19-17-33)39-28-40(35-24-26-53-27-25-35)30-41(29-39)48-32-47(45-22-20-36-8-6-9-37-21-23-46(48)52(45)51(36)37)38-10-7-11-42(31-38)54-49-14-4-2-12-43(49)44-13-3-5-15-50(44)54/h2-16,18-32H,1,17H2. The van der Waals surface area contributed by atoms with Crippen molar-refractivity contribution in [3.05, 3.63) is 200 Å².